The zero-order chi connectivity index (χ0) is 12.4. The van der Waals surface area contributed by atoms with Crippen LogP contribution in [0.2, 0.25) is 0 Å². The number of hydrogen-bond donors (Lipinski definition) is 1. The molecular formula is C12H11F2N3. The van der Waals surface area contributed by atoms with Crippen LogP contribution in [0.4, 0.5) is 14.6 Å². The zero-order valence-electron chi connectivity index (χ0n) is 9.46. The van der Waals surface area contributed by atoms with Crippen molar-refractivity contribution in [2.24, 2.45) is 0 Å². The van der Waals surface area contributed by atoms with Gasteiger partial charge in [0.2, 0.25) is 0 Å². The van der Waals surface area contributed by atoms with E-state index in [9.17, 15) is 8.78 Å². The molecule has 0 spiro atoms. The van der Waals surface area contributed by atoms with Crippen molar-refractivity contribution in [3.8, 4) is 11.3 Å². The fraction of sp³-hybridized carbons (Fsp3) is 0.167. The quantitative estimate of drug-likeness (QED) is 0.869. The Balaban J connectivity index is 2.60. The second kappa shape index (κ2) is 4.45. The second-order valence-corrected chi connectivity index (χ2v) is 3.57. The van der Waals surface area contributed by atoms with Gasteiger partial charge in [0, 0.05) is 24.2 Å². The summed E-state index contributed by atoms with van der Waals surface area (Å²) in [7, 11) is 1.72. The monoisotopic (exact) mass is 235 g/mol. The molecule has 1 N–H and O–H groups in total. The summed E-state index contributed by atoms with van der Waals surface area (Å²) in [5.74, 6) is -0.612. The molecule has 88 valence electrons. The van der Waals surface area contributed by atoms with Crippen molar-refractivity contribution in [3.05, 3.63) is 41.7 Å². The Morgan fingerprint density at radius 2 is 1.94 bits per heavy atom. The lowest BCUT2D eigenvalue weighted by Gasteiger charge is -2.09. The Bertz CT molecular complexity index is 555. The van der Waals surface area contributed by atoms with Crippen LogP contribution in [-0.4, -0.2) is 17.0 Å². The number of benzene rings is 1. The molecule has 0 aliphatic carbocycles. The summed E-state index contributed by atoms with van der Waals surface area (Å²) in [4.78, 5) is 8.05. The molecule has 0 saturated carbocycles. The van der Waals surface area contributed by atoms with Crippen LogP contribution in [0.5, 0.6) is 0 Å². The van der Waals surface area contributed by atoms with Crippen molar-refractivity contribution in [1.82, 2.24) is 9.97 Å². The van der Waals surface area contributed by atoms with Crippen LogP contribution in [0.3, 0.4) is 0 Å². The van der Waals surface area contributed by atoms with Gasteiger partial charge in [0.1, 0.15) is 23.8 Å². The maximum Gasteiger partial charge on any atom is 0.135 e. The molecule has 1 aromatic carbocycles. The molecule has 0 aliphatic heterocycles. The molecule has 0 bridgehead atoms. The molecule has 0 radical (unpaired) electrons. The fourth-order valence-corrected chi connectivity index (χ4v) is 1.66. The topological polar surface area (TPSA) is 37.8 Å². The maximum atomic E-state index is 13.6. The number of nitrogens with one attached hydrogen (secondary N) is 1. The third-order valence-corrected chi connectivity index (χ3v) is 2.51. The molecule has 5 heteroatoms. The van der Waals surface area contributed by atoms with Gasteiger partial charge in [-0.1, -0.05) is 0 Å². The first-order chi connectivity index (χ1) is 8.13. The summed E-state index contributed by atoms with van der Waals surface area (Å²) >= 11 is 0. The predicted molar refractivity (Wildman–Crippen MR) is 61.7 cm³/mol. The van der Waals surface area contributed by atoms with Crippen molar-refractivity contribution in [3.63, 3.8) is 0 Å². The van der Waals surface area contributed by atoms with E-state index in [1.807, 2.05) is 0 Å². The van der Waals surface area contributed by atoms with Crippen molar-refractivity contribution >= 4 is 5.82 Å². The highest BCUT2D eigenvalue weighted by Gasteiger charge is 2.12. The molecule has 0 saturated heterocycles. The summed E-state index contributed by atoms with van der Waals surface area (Å²) < 4.78 is 26.5. The highest BCUT2D eigenvalue weighted by molar-refractivity contribution is 5.68. The highest BCUT2D eigenvalue weighted by atomic mass is 19.1. The summed E-state index contributed by atoms with van der Waals surface area (Å²) in [6.45, 7) is 1.78. The minimum atomic E-state index is -0.631. The van der Waals surface area contributed by atoms with Crippen molar-refractivity contribution < 1.29 is 8.78 Å². The van der Waals surface area contributed by atoms with Crippen LogP contribution in [0.1, 0.15) is 5.56 Å². The molecule has 2 aromatic rings. The Morgan fingerprint density at radius 3 is 2.59 bits per heavy atom. The molecular weight excluding hydrogens is 224 g/mol. The molecule has 0 amide bonds. The molecule has 0 aliphatic rings. The number of anilines is 1. The Morgan fingerprint density at radius 1 is 1.18 bits per heavy atom. The van der Waals surface area contributed by atoms with Crippen LogP contribution in [0.25, 0.3) is 11.3 Å². The average Bonchev–Trinajstić information content (AvgIpc) is 2.30. The Hall–Kier alpha value is -2.04. The minimum Gasteiger partial charge on any atom is -0.373 e. The summed E-state index contributed by atoms with van der Waals surface area (Å²) in [5, 5.41) is 2.89. The van der Waals surface area contributed by atoms with Crippen LogP contribution in [0.15, 0.2) is 24.5 Å². The van der Waals surface area contributed by atoms with Gasteiger partial charge in [0.25, 0.3) is 0 Å². The van der Waals surface area contributed by atoms with Gasteiger partial charge in [-0.15, -0.1) is 0 Å². The lowest BCUT2D eigenvalue weighted by Crippen LogP contribution is -2.00. The van der Waals surface area contributed by atoms with Crippen molar-refractivity contribution in [1.29, 1.82) is 0 Å². The van der Waals surface area contributed by atoms with Crippen molar-refractivity contribution in [2.45, 2.75) is 6.92 Å². The molecule has 0 atom stereocenters. The molecule has 1 heterocycles. The van der Waals surface area contributed by atoms with Crippen LogP contribution < -0.4 is 5.32 Å². The SMILES string of the molecule is CNc1ncnc(-c2ccc(F)cc2F)c1C. The highest BCUT2D eigenvalue weighted by Crippen LogP contribution is 2.27. The van der Waals surface area contributed by atoms with E-state index in [4.69, 9.17) is 0 Å². The van der Waals surface area contributed by atoms with E-state index in [0.717, 1.165) is 11.6 Å². The van der Waals surface area contributed by atoms with Gasteiger partial charge >= 0.3 is 0 Å². The molecule has 0 fully saturated rings. The van der Waals surface area contributed by atoms with Crippen molar-refractivity contribution in [2.75, 3.05) is 12.4 Å². The molecule has 3 nitrogen and oxygen atoms in total. The second-order valence-electron chi connectivity index (χ2n) is 3.57. The maximum absolute atomic E-state index is 13.6. The largest absolute Gasteiger partial charge is 0.373 e. The first-order valence-electron chi connectivity index (χ1n) is 5.08. The van der Waals surface area contributed by atoms with Gasteiger partial charge in [-0.05, 0) is 19.1 Å². The molecule has 0 unspecified atom stereocenters. The predicted octanol–water partition coefficient (Wildman–Crippen LogP) is 2.77. The van der Waals surface area contributed by atoms with Gasteiger partial charge < -0.3 is 5.32 Å². The first kappa shape index (κ1) is 11.4. The van der Waals surface area contributed by atoms with Gasteiger partial charge in [-0.25, -0.2) is 18.7 Å². The Kier molecular flexibility index (Phi) is 2.99. The summed E-state index contributed by atoms with van der Waals surface area (Å²) in [5.41, 5.74) is 1.45. The van der Waals surface area contributed by atoms with E-state index in [1.165, 1.54) is 18.5 Å². The van der Waals surface area contributed by atoms with E-state index in [1.54, 1.807) is 14.0 Å². The summed E-state index contributed by atoms with van der Waals surface area (Å²) in [6, 6.07) is 3.42. The summed E-state index contributed by atoms with van der Waals surface area (Å²) in [6.07, 6.45) is 1.34. The fourth-order valence-electron chi connectivity index (χ4n) is 1.66. The number of aromatic nitrogens is 2. The number of nitrogens with zero attached hydrogens (tertiary/aromatic N) is 2. The van der Waals surface area contributed by atoms with E-state index in [0.29, 0.717) is 11.5 Å². The van der Waals surface area contributed by atoms with E-state index in [2.05, 4.69) is 15.3 Å². The first-order valence-corrected chi connectivity index (χ1v) is 5.08. The number of rotatable bonds is 2. The van der Waals surface area contributed by atoms with Gasteiger partial charge in [-0.3, -0.25) is 0 Å². The van der Waals surface area contributed by atoms with Gasteiger partial charge in [0.15, 0.2) is 0 Å². The normalized spacial score (nSPS) is 10.4. The molecule has 17 heavy (non-hydrogen) atoms. The lowest BCUT2D eigenvalue weighted by atomic mass is 10.1. The number of hydrogen-bond acceptors (Lipinski definition) is 3. The number of halogens is 2. The van der Waals surface area contributed by atoms with Gasteiger partial charge in [-0.2, -0.15) is 0 Å². The third kappa shape index (κ3) is 2.08. The van der Waals surface area contributed by atoms with Crippen LogP contribution in [0, 0.1) is 18.6 Å². The van der Waals surface area contributed by atoms with Gasteiger partial charge in [0.05, 0.1) is 5.69 Å². The zero-order valence-corrected chi connectivity index (χ0v) is 9.46. The average molecular weight is 235 g/mol. The van der Waals surface area contributed by atoms with Crippen LogP contribution >= 0.6 is 0 Å². The van der Waals surface area contributed by atoms with E-state index < -0.39 is 11.6 Å². The van der Waals surface area contributed by atoms with Crippen LogP contribution in [-0.2, 0) is 0 Å². The van der Waals surface area contributed by atoms with E-state index in [-0.39, 0.29) is 5.56 Å². The molecule has 1 aromatic heterocycles. The lowest BCUT2D eigenvalue weighted by molar-refractivity contribution is 0.585. The Labute approximate surface area is 97.5 Å². The smallest absolute Gasteiger partial charge is 0.135 e. The molecule has 2 rings (SSSR count). The third-order valence-electron chi connectivity index (χ3n) is 2.51. The van der Waals surface area contributed by atoms with E-state index >= 15 is 0 Å². The standard InChI is InChI=1S/C12H11F2N3/c1-7-11(16-6-17-12(7)15-2)9-4-3-8(13)5-10(9)14/h3-6H,1-2H3,(H,15,16,17). The minimum absolute atomic E-state index is 0.266.